The van der Waals surface area contributed by atoms with Crippen LogP contribution in [0, 0.1) is 17.3 Å². The molecule has 2 fully saturated rings. The van der Waals surface area contributed by atoms with Gasteiger partial charge in [0.15, 0.2) is 0 Å². The van der Waals surface area contributed by atoms with Crippen LogP contribution in [0.2, 0.25) is 0 Å². The summed E-state index contributed by atoms with van der Waals surface area (Å²) >= 11 is 0. The van der Waals surface area contributed by atoms with Crippen LogP contribution >= 0.6 is 0 Å². The first kappa shape index (κ1) is 15.3. The fourth-order valence-corrected chi connectivity index (χ4v) is 3.74. The molecule has 3 atom stereocenters. The van der Waals surface area contributed by atoms with E-state index in [9.17, 15) is 0 Å². The van der Waals surface area contributed by atoms with E-state index < -0.39 is 0 Å². The minimum atomic E-state index is 0.266. The van der Waals surface area contributed by atoms with Crippen LogP contribution in [0.25, 0.3) is 0 Å². The van der Waals surface area contributed by atoms with E-state index in [-0.39, 0.29) is 6.04 Å². The second-order valence-corrected chi connectivity index (χ2v) is 7.92. The molecule has 0 aromatic heterocycles. The normalized spacial score (nSPS) is 34.4. The third-order valence-corrected chi connectivity index (χ3v) is 5.34. The van der Waals surface area contributed by atoms with Crippen molar-refractivity contribution < 1.29 is 4.74 Å². The molecular weight excluding hydrogens is 234 g/mol. The number of rotatable bonds is 3. The number of nitrogens with two attached hydrogens (primary N) is 1. The van der Waals surface area contributed by atoms with Crippen molar-refractivity contribution in [3.63, 3.8) is 0 Å². The molecule has 2 aliphatic rings. The average Bonchev–Trinajstić information content (AvgIpc) is 2.37. The van der Waals surface area contributed by atoms with Crippen molar-refractivity contribution in [2.75, 3.05) is 6.61 Å². The van der Waals surface area contributed by atoms with Gasteiger partial charge in [-0.15, -0.1) is 0 Å². The molecule has 0 radical (unpaired) electrons. The molecular formula is C17H33NO. The van der Waals surface area contributed by atoms with Gasteiger partial charge in [-0.1, -0.05) is 40.0 Å². The topological polar surface area (TPSA) is 35.2 Å². The van der Waals surface area contributed by atoms with Crippen molar-refractivity contribution in [2.24, 2.45) is 23.0 Å². The fourth-order valence-electron chi connectivity index (χ4n) is 3.74. The van der Waals surface area contributed by atoms with Gasteiger partial charge in [-0.05, 0) is 49.4 Å². The van der Waals surface area contributed by atoms with Crippen molar-refractivity contribution in [3.8, 4) is 0 Å². The maximum atomic E-state index is 6.28. The van der Waals surface area contributed by atoms with E-state index >= 15 is 0 Å². The molecule has 2 aliphatic carbocycles. The maximum Gasteiger partial charge on any atom is 0.0728 e. The van der Waals surface area contributed by atoms with Crippen LogP contribution in [0.3, 0.4) is 0 Å². The van der Waals surface area contributed by atoms with Crippen LogP contribution in [0.15, 0.2) is 0 Å². The van der Waals surface area contributed by atoms with E-state index in [1.807, 2.05) is 0 Å². The monoisotopic (exact) mass is 267 g/mol. The first-order chi connectivity index (χ1) is 8.97. The summed E-state index contributed by atoms with van der Waals surface area (Å²) in [6.45, 7) is 8.02. The molecule has 2 nitrogen and oxygen atoms in total. The van der Waals surface area contributed by atoms with Gasteiger partial charge in [0, 0.05) is 12.6 Å². The Balaban J connectivity index is 1.80. The highest BCUT2D eigenvalue weighted by Crippen LogP contribution is 2.38. The molecule has 2 N–H and O–H groups in total. The molecule has 2 rings (SSSR count). The van der Waals surface area contributed by atoms with Crippen molar-refractivity contribution in [3.05, 3.63) is 0 Å². The van der Waals surface area contributed by atoms with Gasteiger partial charge in [-0.2, -0.15) is 0 Å². The summed E-state index contributed by atoms with van der Waals surface area (Å²) in [6.07, 6.45) is 10.8. The third-order valence-electron chi connectivity index (χ3n) is 5.34. The minimum Gasteiger partial charge on any atom is -0.376 e. The smallest absolute Gasteiger partial charge is 0.0728 e. The number of ether oxygens (including phenoxy) is 1. The molecule has 0 heterocycles. The Bertz CT molecular complexity index is 265. The number of hydrogen-bond acceptors (Lipinski definition) is 2. The molecule has 19 heavy (non-hydrogen) atoms. The Morgan fingerprint density at radius 1 is 1.00 bits per heavy atom. The highest BCUT2D eigenvalue weighted by atomic mass is 16.5. The summed E-state index contributed by atoms with van der Waals surface area (Å²) in [5.74, 6) is 1.57. The van der Waals surface area contributed by atoms with Crippen LogP contribution in [-0.4, -0.2) is 18.8 Å². The third kappa shape index (κ3) is 4.46. The minimum absolute atomic E-state index is 0.266. The molecule has 3 unspecified atom stereocenters. The summed E-state index contributed by atoms with van der Waals surface area (Å²) in [5, 5.41) is 0. The lowest BCUT2D eigenvalue weighted by molar-refractivity contribution is -0.0367. The average molecular weight is 267 g/mol. The van der Waals surface area contributed by atoms with Gasteiger partial charge in [0.05, 0.1) is 6.10 Å². The maximum absolute atomic E-state index is 6.28. The second kappa shape index (κ2) is 6.58. The van der Waals surface area contributed by atoms with Crippen molar-refractivity contribution in [2.45, 2.75) is 84.3 Å². The van der Waals surface area contributed by atoms with Gasteiger partial charge in [-0.25, -0.2) is 0 Å². The van der Waals surface area contributed by atoms with Crippen LogP contribution in [0.1, 0.15) is 72.1 Å². The van der Waals surface area contributed by atoms with Crippen molar-refractivity contribution in [1.29, 1.82) is 0 Å². The van der Waals surface area contributed by atoms with E-state index in [0.717, 1.165) is 31.3 Å². The zero-order valence-corrected chi connectivity index (χ0v) is 13.2. The lowest BCUT2D eigenvalue weighted by Crippen LogP contribution is -2.45. The van der Waals surface area contributed by atoms with Crippen LogP contribution in [0.4, 0.5) is 0 Å². The molecule has 2 saturated carbocycles. The predicted octanol–water partition coefficient (Wildman–Crippen LogP) is 4.13. The second-order valence-electron chi connectivity index (χ2n) is 7.92. The van der Waals surface area contributed by atoms with Crippen LogP contribution in [-0.2, 0) is 4.74 Å². The van der Waals surface area contributed by atoms with Gasteiger partial charge in [0.2, 0.25) is 0 Å². The van der Waals surface area contributed by atoms with Crippen molar-refractivity contribution >= 4 is 0 Å². The molecule has 0 aliphatic heterocycles. The van der Waals surface area contributed by atoms with E-state index in [1.165, 1.54) is 38.5 Å². The van der Waals surface area contributed by atoms with E-state index in [1.54, 1.807) is 0 Å². The van der Waals surface area contributed by atoms with E-state index in [2.05, 4.69) is 20.8 Å². The summed E-state index contributed by atoms with van der Waals surface area (Å²) in [4.78, 5) is 0. The standard InChI is InChI=1S/C17H33NO/c1-17(2,3)14-9-10-15(18)16(11-14)19-12-13-7-5-4-6-8-13/h13-16H,4-12,18H2,1-3H3. The molecule has 0 bridgehead atoms. The first-order valence-corrected chi connectivity index (χ1v) is 8.34. The molecule has 2 heteroatoms. The Kier molecular flexibility index (Phi) is 5.30. The Morgan fingerprint density at radius 3 is 2.32 bits per heavy atom. The summed E-state index contributed by atoms with van der Waals surface area (Å²) in [5.41, 5.74) is 6.67. The summed E-state index contributed by atoms with van der Waals surface area (Å²) in [6, 6.07) is 0.266. The van der Waals surface area contributed by atoms with Crippen LogP contribution < -0.4 is 5.73 Å². The lowest BCUT2D eigenvalue weighted by Gasteiger charge is -2.41. The van der Waals surface area contributed by atoms with E-state index in [4.69, 9.17) is 10.5 Å². The first-order valence-electron chi connectivity index (χ1n) is 8.34. The molecule has 112 valence electrons. The summed E-state index contributed by atoms with van der Waals surface area (Å²) < 4.78 is 6.24. The Morgan fingerprint density at radius 2 is 1.68 bits per heavy atom. The SMILES string of the molecule is CC(C)(C)C1CCC(N)C(OCC2CCCCC2)C1. The highest BCUT2D eigenvalue weighted by molar-refractivity contribution is 4.88. The Hall–Kier alpha value is -0.0800. The van der Waals surface area contributed by atoms with Gasteiger partial charge in [0.1, 0.15) is 0 Å². The molecule has 0 spiro atoms. The molecule has 0 amide bonds. The van der Waals surface area contributed by atoms with Gasteiger partial charge in [-0.3, -0.25) is 0 Å². The molecule has 0 aromatic rings. The predicted molar refractivity (Wildman–Crippen MR) is 81.1 cm³/mol. The van der Waals surface area contributed by atoms with Gasteiger partial charge >= 0.3 is 0 Å². The lowest BCUT2D eigenvalue weighted by atomic mass is 9.70. The molecule has 0 saturated heterocycles. The highest BCUT2D eigenvalue weighted by Gasteiger charge is 2.35. The zero-order chi connectivity index (χ0) is 13.9. The largest absolute Gasteiger partial charge is 0.376 e. The quantitative estimate of drug-likeness (QED) is 0.834. The fraction of sp³-hybridized carbons (Fsp3) is 1.00. The van der Waals surface area contributed by atoms with Gasteiger partial charge < -0.3 is 10.5 Å². The van der Waals surface area contributed by atoms with Crippen LogP contribution in [0.5, 0.6) is 0 Å². The van der Waals surface area contributed by atoms with Crippen molar-refractivity contribution in [1.82, 2.24) is 0 Å². The Labute approximate surface area is 119 Å². The van der Waals surface area contributed by atoms with E-state index in [0.29, 0.717) is 11.5 Å². The zero-order valence-electron chi connectivity index (χ0n) is 13.2. The van der Waals surface area contributed by atoms with Gasteiger partial charge in [0.25, 0.3) is 0 Å². The molecule has 0 aromatic carbocycles. The summed E-state index contributed by atoms with van der Waals surface area (Å²) in [7, 11) is 0. The number of hydrogen-bond donors (Lipinski definition) is 1.